The highest BCUT2D eigenvalue weighted by Gasteiger charge is 2.17. The van der Waals surface area contributed by atoms with Crippen LogP contribution < -0.4 is 0 Å². The molecular formula is C57H33N3O2. The number of aromatic nitrogens is 3. The van der Waals surface area contributed by atoms with Crippen LogP contribution in [0, 0.1) is 0 Å². The van der Waals surface area contributed by atoms with E-state index >= 15 is 0 Å². The van der Waals surface area contributed by atoms with Gasteiger partial charge in [0.05, 0.1) is 0 Å². The fraction of sp³-hybridized carbons (Fsp3) is 0. The molecule has 13 rings (SSSR count). The van der Waals surface area contributed by atoms with E-state index in [0.717, 1.165) is 82.5 Å². The lowest BCUT2D eigenvalue weighted by molar-refractivity contribution is 0.668. The fourth-order valence-corrected chi connectivity index (χ4v) is 9.12. The van der Waals surface area contributed by atoms with E-state index in [-0.39, 0.29) is 0 Å². The maximum absolute atomic E-state index is 6.28. The third-order valence-electron chi connectivity index (χ3n) is 12.3. The number of hydrogen-bond donors (Lipinski definition) is 0. The number of furan rings is 2. The summed E-state index contributed by atoms with van der Waals surface area (Å²) in [5, 5.41) is 11.3. The molecule has 0 bridgehead atoms. The molecule has 0 saturated carbocycles. The van der Waals surface area contributed by atoms with Crippen LogP contribution in [0.5, 0.6) is 0 Å². The summed E-state index contributed by atoms with van der Waals surface area (Å²) in [7, 11) is 0. The van der Waals surface area contributed by atoms with Gasteiger partial charge >= 0.3 is 0 Å². The summed E-state index contributed by atoms with van der Waals surface area (Å²) in [6.45, 7) is 0. The third kappa shape index (κ3) is 5.67. The number of para-hydroxylation sites is 2. The minimum Gasteiger partial charge on any atom is -0.456 e. The monoisotopic (exact) mass is 791 g/mol. The fourth-order valence-electron chi connectivity index (χ4n) is 9.12. The Hall–Kier alpha value is -8.41. The summed E-state index contributed by atoms with van der Waals surface area (Å²) in [4.78, 5) is 15.6. The molecule has 0 radical (unpaired) electrons. The topological polar surface area (TPSA) is 65.0 Å². The second-order valence-electron chi connectivity index (χ2n) is 16.0. The van der Waals surface area contributed by atoms with Gasteiger partial charge in [0.2, 0.25) is 0 Å². The van der Waals surface area contributed by atoms with Gasteiger partial charge in [-0.25, -0.2) is 15.0 Å². The number of fused-ring (bicyclic) bond motifs is 10. The van der Waals surface area contributed by atoms with E-state index in [4.69, 9.17) is 23.8 Å². The molecule has 5 heteroatoms. The van der Waals surface area contributed by atoms with E-state index in [1.54, 1.807) is 0 Å². The summed E-state index contributed by atoms with van der Waals surface area (Å²) < 4.78 is 12.5. The first-order valence-electron chi connectivity index (χ1n) is 20.8. The molecule has 5 nitrogen and oxygen atoms in total. The highest BCUT2D eigenvalue weighted by Crippen LogP contribution is 2.38. The van der Waals surface area contributed by atoms with Crippen molar-refractivity contribution < 1.29 is 8.83 Å². The molecule has 3 heterocycles. The van der Waals surface area contributed by atoms with Crippen LogP contribution in [-0.2, 0) is 0 Å². The Kier molecular flexibility index (Phi) is 7.54. The van der Waals surface area contributed by atoms with E-state index < -0.39 is 0 Å². The predicted octanol–water partition coefficient (Wildman–Crippen LogP) is 15.5. The Labute approximate surface area is 355 Å². The molecular weight excluding hydrogens is 759 g/mol. The number of rotatable bonds is 5. The SMILES string of the molecule is c1cc(-c2ccc3ccc(-c4ccc5ccccc5c4)cc3c2)cc(-c2nc(-c3ccc4oc5ccccc5c4c3)nc(-c3ccc4ccc5oc6ccccc6c5c4c3)n2)c1. The third-order valence-corrected chi connectivity index (χ3v) is 12.3. The van der Waals surface area contributed by atoms with Crippen molar-refractivity contribution in [2.75, 3.05) is 0 Å². The molecule has 0 aliphatic heterocycles. The lowest BCUT2D eigenvalue weighted by Gasteiger charge is -2.11. The minimum atomic E-state index is 0.585. The van der Waals surface area contributed by atoms with Crippen LogP contribution in [0.1, 0.15) is 0 Å². The molecule has 0 fully saturated rings. The second-order valence-corrected chi connectivity index (χ2v) is 16.0. The van der Waals surface area contributed by atoms with Crippen LogP contribution >= 0.6 is 0 Å². The molecule has 62 heavy (non-hydrogen) atoms. The van der Waals surface area contributed by atoms with E-state index in [2.05, 4.69) is 158 Å². The van der Waals surface area contributed by atoms with Crippen LogP contribution in [-0.4, -0.2) is 15.0 Å². The molecule has 0 spiro atoms. The van der Waals surface area contributed by atoms with Crippen LogP contribution in [0.2, 0.25) is 0 Å². The predicted molar refractivity (Wildman–Crippen MR) is 254 cm³/mol. The zero-order valence-corrected chi connectivity index (χ0v) is 33.2. The largest absolute Gasteiger partial charge is 0.456 e. The van der Waals surface area contributed by atoms with Gasteiger partial charge in [-0.1, -0.05) is 133 Å². The Morgan fingerprint density at radius 1 is 0.242 bits per heavy atom. The van der Waals surface area contributed by atoms with Crippen molar-refractivity contribution in [1.29, 1.82) is 0 Å². The summed E-state index contributed by atoms with van der Waals surface area (Å²) >= 11 is 0. The van der Waals surface area contributed by atoms with Gasteiger partial charge in [0.1, 0.15) is 22.3 Å². The number of benzene rings is 10. The molecule has 0 N–H and O–H groups in total. The molecule has 3 aromatic heterocycles. The zero-order chi connectivity index (χ0) is 40.7. The van der Waals surface area contributed by atoms with E-state index in [0.29, 0.717) is 17.5 Å². The Morgan fingerprint density at radius 2 is 0.694 bits per heavy atom. The van der Waals surface area contributed by atoms with Crippen molar-refractivity contribution in [3.8, 4) is 56.4 Å². The van der Waals surface area contributed by atoms with Crippen molar-refractivity contribution in [2.24, 2.45) is 0 Å². The molecule has 10 aromatic carbocycles. The summed E-state index contributed by atoms with van der Waals surface area (Å²) in [5.74, 6) is 1.77. The quantitative estimate of drug-likeness (QED) is 0.174. The zero-order valence-electron chi connectivity index (χ0n) is 33.2. The van der Waals surface area contributed by atoms with Crippen LogP contribution in [0.3, 0.4) is 0 Å². The summed E-state index contributed by atoms with van der Waals surface area (Å²) in [5.41, 5.74) is 10.6. The Balaban J connectivity index is 0.954. The standard InChI is InChI=1S/C57H33N3O2/c1-2-9-37-28-39(20-16-34(37)8-1)41-22-18-35-17-21-40(30-45(35)31-41)38-10-7-11-42(29-38)55-58-56(60-57(59-55)44-25-26-52-49(33-44)46-12-3-5-14-50(46)61-52)43-23-19-36-24-27-53-54(48(36)32-43)47-13-4-6-15-51(47)62-53/h1-33H. The lowest BCUT2D eigenvalue weighted by Crippen LogP contribution is -2.00. The first kappa shape index (κ1) is 34.5. The van der Waals surface area contributed by atoms with Gasteiger partial charge in [-0.2, -0.15) is 0 Å². The van der Waals surface area contributed by atoms with E-state index in [1.807, 2.05) is 42.5 Å². The van der Waals surface area contributed by atoms with Crippen molar-refractivity contribution in [3.05, 3.63) is 200 Å². The molecule has 288 valence electrons. The second kappa shape index (κ2) is 13.6. The van der Waals surface area contributed by atoms with Crippen LogP contribution in [0.15, 0.2) is 209 Å². The average Bonchev–Trinajstić information content (AvgIpc) is 3.92. The maximum atomic E-state index is 6.28. The van der Waals surface area contributed by atoms with Crippen molar-refractivity contribution >= 4 is 76.2 Å². The lowest BCUT2D eigenvalue weighted by atomic mass is 9.96. The molecule has 0 atom stereocenters. The van der Waals surface area contributed by atoms with Crippen molar-refractivity contribution in [3.63, 3.8) is 0 Å². The molecule has 0 aliphatic rings. The molecule has 0 amide bonds. The normalized spacial score (nSPS) is 11.9. The highest BCUT2D eigenvalue weighted by molar-refractivity contribution is 6.19. The van der Waals surface area contributed by atoms with Crippen LogP contribution in [0.4, 0.5) is 0 Å². The van der Waals surface area contributed by atoms with Gasteiger partial charge in [-0.05, 0) is 121 Å². The highest BCUT2D eigenvalue weighted by atomic mass is 16.3. The van der Waals surface area contributed by atoms with Gasteiger partial charge in [-0.3, -0.25) is 0 Å². The Morgan fingerprint density at radius 3 is 1.44 bits per heavy atom. The van der Waals surface area contributed by atoms with Gasteiger partial charge in [0.15, 0.2) is 17.5 Å². The molecule has 0 saturated heterocycles. The van der Waals surface area contributed by atoms with Crippen molar-refractivity contribution in [1.82, 2.24) is 15.0 Å². The van der Waals surface area contributed by atoms with Gasteiger partial charge in [0.25, 0.3) is 0 Å². The minimum absolute atomic E-state index is 0.585. The van der Waals surface area contributed by atoms with Gasteiger partial charge < -0.3 is 8.83 Å². The van der Waals surface area contributed by atoms with Gasteiger partial charge in [0, 0.05) is 38.2 Å². The average molecular weight is 792 g/mol. The molecule has 13 aromatic rings. The first-order valence-corrected chi connectivity index (χ1v) is 20.8. The summed E-state index contributed by atoms with van der Waals surface area (Å²) in [6, 6.07) is 70.2. The Bertz CT molecular complexity index is 3950. The molecule has 0 unspecified atom stereocenters. The van der Waals surface area contributed by atoms with E-state index in [1.165, 1.54) is 32.7 Å². The maximum Gasteiger partial charge on any atom is 0.164 e. The van der Waals surface area contributed by atoms with Crippen molar-refractivity contribution in [2.45, 2.75) is 0 Å². The number of hydrogen-bond acceptors (Lipinski definition) is 5. The smallest absolute Gasteiger partial charge is 0.164 e. The van der Waals surface area contributed by atoms with Gasteiger partial charge in [-0.15, -0.1) is 0 Å². The summed E-state index contributed by atoms with van der Waals surface area (Å²) in [6.07, 6.45) is 0. The first-order chi connectivity index (χ1) is 30.6. The van der Waals surface area contributed by atoms with Crippen LogP contribution in [0.25, 0.3) is 133 Å². The molecule has 0 aliphatic carbocycles. The van der Waals surface area contributed by atoms with E-state index in [9.17, 15) is 0 Å². The number of nitrogens with zero attached hydrogens (tertiary/aromatic N) is 3.